The number of phenols is 1. The largest absolute Gasteiger partial charge is 0.508 e. The molecule has 3 N–H and O–H groups in total. The summed E-state index contributed by atoms with van der Waals surface area (Å²) in [6.07, 6.45) is 5.62. The summed E-state index contributed by atoms with van der Waals surface area (Å²) in [6, 6.07) is 16.9. The van der Waals surface area contributed by atoms with Gasteiger partial charge in [0, 0.05) is 42.2 Å². The first-order valence-electron chi connectivity index (χ1n) is 13.1. The highest BCUT2D eigenvalue weighted by Gasteiger charge is 2.76. The molecule has 4 bridgehead atoms. The van der Waals surface area contributed by atoms with Crippen LogP contribution in [0.25, 0.3) is 0 Å². The number of likely N-dealkylation sites (tertiary alicyclic amines) is 2. The van der Waals surface area contributed by atoms with Crippen molar-refractivity contribution < 1.29 is 9.90 Å². The molecule has 0 spiro atoms. The van der Waals surface area contributed by atoms with E-state index in [9.17, 15) is 9.90 Å². The van der Waals surface area contributed by atoms with Gasteiger partial charge in [-0.3, -0.25) is 9.69 Å². The molecule has 178 valence electrons. The molecule has 2 aliphatic heterocycles. The molecule has 7 rings (SSSR count). The fraction of sp³-hybridized carbons (Fsp3) is 0.552. The Morgan fingerprint density at radius 2 is 2.03 bits per heavy atom. The fourth-order valence-electron chi connectivity index (χ4n) is 9.66. The van der Waals surface area contributed by atoms with E-state index in [2.05, 4.69) is 28.9 Å². The van der Waals surface area contributed by atoms with Gasteiger partial charge < -0.3 is 15.7 Å². The molecule has 5 nitrogen and oxygen atoms in total. The average molecular weight is 458 g/mol. The van der Waals surface area contributed by atoms with Gasteiger partial charge in [-0.2, -0.15) is 0 Å². The molecule has 0 aromatic heterocycles. The van der Waals surface area contributed by atoms with E-state index in [4.69, 9.17) is 5.73 Å². The number of aromatic hydroxyl groups is 1. The highest BCUT2D eigenvalue weighted by Crippen LogP contribution is 2.75. The van der Waals surface area contributed by atoms with Crippen LogP contribution in [0.2, 0.25) is 0 Å². The maximum Gasteiger partial charge on any atom is 0.254 e. The lowest BCUT2D eigenvalue weighted by molar-refractivity contribution is -0.102. The number of phenolic OH excluding ortho intramolecular Hbond substituents is 1. The highest BCUT2D eigenvalue weighted by molar-refractivity contribution is 5.94. The Balaban J connectivity index is 1.35. The van der Waals surface area contributed by atoms with Gasteiger partial charge in [-0.15, -0.1) is 0 Å². The standard InChI is InChI=1S/C29H35N3O2/c1-18(30)16-31-12-11-29-23-14-22(33)8-7-20(23)13-25(31)28(29)10-9-24-26(29)21(15-28)17-32(24)27(34)19-5-3-2-4-6-19/h2-8,14,18,21,24-26,33H,9-13,15-17,30H2,1H3/t18-,21+,24?,25?,26?,28?,29?/m0/s1. The lowest BCUT2D eigenvalue weighted by Crippen LogP contribution is -2.70. The van der Waals surface area contributed by atoms with Crippen LogP contribution in [0.5, 0.6) is 5.75 Å². The van der Waals surface area contributed by atoms with E-state index in [1.54, 1.807) is 0 Å². The first kappa shape index (κ1) is 21.0. The number of hydrogen-bond acceptors (Lipinski definition) is 4. The highest BCUT2D eigenvalue weighted by atomic mass is 16.3. The van der Waals surface area contributed by atoms with Gasteiger partial charge in [0.15, 0.2) is 0 Å². The van der Waals surface area contributed by atoms with Gasteiger partial charge in [-0.1, -0.05) is 24.3 Å². The first-order valence-corrected chi connectivity index (χ1v) is 13.1. The third kappa shape index (κ3) is 2.50. The number of rotatable bonds is 3. The topological polar surface area (TPSA) is 69.8 Å². The van der Waals surface area contributed by atoms with Gasteiger partial charge in [-0.25, -0.2) is 0 Å². The molecule has 7 atom stereocenters. The van der Waals surface area contributed by atoms with Crippen LogP contribution in [0, 0.1) is 17.3 Å². The summed E-state index contributed by atoms with van der Waals surface area (Å²) in [5, 5.41) is 10.6. The summed E-state index contributed by atoms with van der Waals surface area (Å²) in [5.74, 6) is 1.59. The second-order valence-corrected chi connectivity index (χ2v) is 11.8. The minimum Gasteiger partial charge on any atom is -0.508 e. The number of hydrogen-bond donors (Lipinski definition) is 2. The lowest BCUT2D eigenvalue weighted by Gasteiger charge is -2.66. The molecule has 3 aliphatic carbocycles. The predicted octanol–water partition coefficient (Wildman–Crippen LogP) is 3.55. The minimum absolute atomic E-state index is 0.0532. The summed E-state index contributed by atoms with van der Waals surface area (Å²) in [6.45, 7) is 5.02. The molecule has 5 unspecified atom stereocenters. The van der Waals surface area contributed by atoms with E-state index in [0.717, 1.165) is 44.5 Å². The molecule has 2 aromatic carbocycles. The van der Waals surface area contributed by atoms with E-state index in [1.165, 1.54) is 24.0 Å². The van der Waals surface area contributed by atoms with Crippen LogP contribution < -0.4 is 5.73 Å². The van der Waals surface area contributed by atoms with Crippen LogP contribution in [-0.2, 0) is 11.8 Å². The summed E-state index contributed by atoms with van der Waals surface area (Å²) >= 11 is 0. The van der Waals surface area contributed by atoms with Crippen molar-refractivity contribution in [2.24, 2.45) is 23.0 Å². The van der Waals surface area contributed by atoms with Crippen molar-refractivity contribution in [3.63, 3.8) is 0 Å². The summed E-state index contributed by atoms with van der Waals surface area (Å²) in [5.41, 5.74) is 10.2. The minimum atomic E-state index is 0.0532. The molecule has 2 aromatic rings. The van der Waals surface area contributed by atoms with Gasteiger partial charge in [0.1, 0.15) is 5.75 Å². The van der Waals surface area contributed by atoms with Crippen LogP contribution in [0.15, 0.2) is 48.5 Å². The maximum atomic E-state index is 13.6. The van der Waals surface area contributed by atoms with Gasteiger partial charge in [0.25, 0.3) is 5.91 Å². The Hall–Kier alpha value is -2.37. The lowest BCUT2D eigenvalue weighted by atomic mass is 9.43. The van der Waals surface area contributed by atoms with Crippen LogP contribution in [-0.4, -0.2) is 58.6 Å². The smallest absolute Gasteiger partial charge is 0.254 e. The Morgan fingerprint density at radius 1 is 1.21 bits per heavy atom. The quantitative estimate of drug-likeness (QED) is 0.740. The van der Waals surface area contributed by atoms with Crippen molar-refractivity contribution in [3.8, 4) is 5.75 Å². The molecular weight excluding hydrogens is 422 g/mol. The van der Waals surface area contributed by atoms with Crippen LogP contribution >= 0.6 is 0 Å². The third-order valence-corrected chi connectivity index (χ3v) is 10.4. The van der Waals surface area contributed by atoms with E-state index in [0.29, 0.717) is 29.7 Å². The normalized spacial score (nSPS) is 38.4. The maximum absolute atomic E-state index is 13.6. The second kappa shape index (κ2) is 7.08. The molecule has 34 heavy (non-hydrogen) atoms. The number of carbonyl (C=O) groups excluding carboxylic acids is 1. The summed E-state index contributed by atoms with van der Waals surface area (Å²) < 4.78 is 0. The molecule has 0 radical (unpaired) electrons. The molecule has 2 saturated carbocycles. The van der Waals surface area contributed by atoms with Gasteiger partial charge in [-0.05, 0) is 98.2 Å². The van der Waals surface area contributed by atoms with E-state index >= 15 is 0 Å². The van der Waals surface area contributed by atoms with Crippen molar-refractivity contribution in [1.82, 2.24) is 9.80 Å². The first-order chi connectivity index (χ1) is 16.4. The second-order valence-electron chi connectivity index (χ2n) is 11.8. The molecule has 4 fully saturated rings. The predicted molar refractivity (Wildman–Crippen MR) is 132 cm³/mol. The molecule has 1 amide bonds. The van der Waals surface area contributed by atoms with Gasteiger partial charge in [0.05, 0.1) is 0 Å². The van der Waals surface area contributed by atoms with Crippen molar-refractivity contribution >= 4 is 5.91 Å². The number of fused-ring (bicyclic) bond motifs is 1. The van der Waals surface area contributed by atoms with E-state index in [1.807, 2.05) is 36.4 Å². The van der Waals surface area contributed by atoms with Gasteiger partial charge in [0.2, 0.25) is 0 Å². The van der Waals surface area contributed by atoms with Crippen molar-refractivity contribution in [2.45, 2.75) is 62.6 Å². The average Bonchev–Trinajstić information content (AvgIpc) is 3.27. The summed E-state index contributed by atoms with van der Waals surface area (Å²) in [7, 11) is 0. The van der Waals surface area contributed by atoms with Crippen LogP contribution in [0.3, 0.4) is 0 Å². The Labute approximate surface area is 201 Å². The SMILES string of the molecule is C[C@H](N)CN1CCC23c4cc(O)ccc4CC1C21CCC2C3[C@@H](CN2C(=O)c2ccccc2)C1. The van der Waals surface area contributed by atoms with Crippen molar-refractivity contribution in [2.75, 3.05) is 19.6 Å². The number of carbonyl (C=O) groups is 1. The molecule has 5 heteroatoms. The Morgan fingerprint density at radius 3 is 2.82 bits per heavy atom. The van der Waals surface area contributed by atoms with Crippen molar-refractivity contribution in [1.29, 1.82) is 0 Å². The third-order valence-electron chi connectivity index (χ3n) is 10.4. The molecular formula is C29H35N3O2. The number of benzene rings is 2. The van der Waals surface area contributed by atoms with Crippen molar-refractivity contribution in [3.05, 3.63) is 65.2 Å². The van der Waals surface area contributed by atoms with E-state index < -0.39 is 0 Å². The molecule has 2 saturated heterocycles. The number of amides is 1. The fourth-order valence-corrected chi connectivity index (χ4v) is 9.66. The zero-order chi connectivity index (χ0) is 23.2. The number of nitrogens with zero attached hydrogens (tertiary/aromatic N) is 2. The number of nitrogens with two attached hydrogens (primary N) is 1. The van der Waals surface area contributed by atoms with Crippen LogP contribution in [0.1, 0.15) is 54.1 Å². The Bertz CT molecular complexity index is 1150. The monoisotopic (exact) mass is 457 g/mol. The van der Waals surface area contributed by atoms with Gasteiger partial charge >= 0.3 is 0 Å². The van der Waals surface area contributed by atoms with Crippen LogP contribution in [0.4, 0.5) is 0 Å². The summed E-state index contributed by atoms with van der Waals surface area (Å²) in [4.78, 5) is 18.6. The molecule has 2 heterocycles. The zero-order valence-electron chi connectivity index (χ0n) is 20.0. The zero-order valence-corrected chi connectivity index (χ0v) is 20.0. The number of piperidine rings is 1. The molecule has 5 aliphatic rings. The Kier molecular flexibility index (Phi) is 4.36. The van der Waals surface area contributed by atoms with E-state index in [-0.39, 0.29) is 22.8 Å².